The molecule has 0 spiro atoms. The van der Waals surface area contributed by atoms with Gasteiger partial charge in [0.15, 0.2) is 0 Å². The maximum absolute atomic E-state index is 13.5. The summed E-state index contributed by atoms with van der Waals surface area (Å²) in [5.74, 6) is -0.638. The summed E-state index contributed by atoms with van der Waals surface area (Å²) in [6.45, 7) is 4.17. The van der Waals surface area contributed by atoms with Crippen LogP contribution in [0.15, 0.2) is 18.2 Å². The summed E-state index contributed by atoms with van der Waals surface area (Å²) in [5, 5.41) is 2.72. The highest BCUT2D eigenvalue weighted by Crippen LogP contribution is 2.33. The van der Waals surface area contributed by atoms with Crippen molar-refractivity contribution in [3.63, 3.8) is 0 Å². The van der Waals surface area contributed by atoms with E-state index in [0.29, 0.717) is 24.0 Å². The number of likely N-dealkylation sites (tertiary alicyclic amines) is 1. The zero-order valence-corrected chi connectivity index (χ0v) is 13.3. The normalized spacial score (nSPS) is 21.0. The van der Waals surface area contributed by atoms with Crippen molar-refractivity contribution in [2.24, 2.45) is 5.92 Å². The molecule has 6 heteroatoms. The molecule has 1 aliphatic heterocycles. The van der Waals surface area contributed by atoms with Crippen LogP contribution in [0.2, 0.25) is 0 Å². The Kier molecular flexibility index (Phi) is 4.24. The predicted octanol–water partition coefficient (Wildman–Crippen LogP) is 2.56. The van der Waals surface area contributed by atoms with E-state index in [1.165, 1.54) is 18.2 Å². The van der Waals surface area contributed by atoms with Crippen LogP contribution in [0.25, 0.3) is 0 Å². The van der Waals surface area contributed by atoms with Crippen molar-refractivity contribution in [2.45, 2.75) is 45.3 Å². The van der Waals surface area contributed by atoms with Gasteiger partial charge in [0.25, 0.3) is 0 Å². The SMILES string of the molecule is CC(C)Oc1ccc(F)cc1NC(=O)[C@@H]1CC(=O)N(C2CC2)C1. The van der Waals surface area contributed by atoms with Crippen LogP contribution in [-0.4, -0.2) is 35.4 Å². The molecule has 0 radical (unpaired) electrons. The molecule has 0 aromatic heterocycles. The van der Waals surface area contributed by atoms with Crippen molar-refractivity contribution in [2.75, 3.05) is 11.9 Å². The summed E-state index contributed by atoms with van der Waals surface area (Å²) in [7, 11) is 0. The molecule has 23 heavy (non-hydrogen) atoms. The van der Waals surface area contributed by atoms with E-state index < -0.39 is 11.7 Å². The second kappa shape index (κ2) is 6.18. The van der Waals surface area contributed by atoms with Crippen molar-refractivity contribution in [3.05, 3.63) is 24.0 Å². The molecule has 2 amide bonds. The molecule has 2 aliphatic rings. The van der Waals surface area contributed by atoms with Gasteiger partial charge in [-0.3, -0.25) is 9.59 Å². The number of hydrogen-bond acceptors (Lipinski definition) is 3. The minimum absolute atomic E-state index is 0.0329. The van der Waals surface area contributed by atoms with E-state index in [1.807, 2.05) is 13.8 Å². The first-order valence-electron chi connectivity index (χ1n) is 8.00. The van der Waals surface area contributed by atoms with E-state index >= 15 is 0 Å². The van der Waals surface area contributed by atoms with E-state index in [4.69, 9.17) is 4.74 Å². The van der Waals surface area contributed by atoms with E-state index in [9.17, 15) is 14.0 Å². The third kappa shape index (κ3) is 3.63. The largest absolute Gasteiger partial charge is 0.489 e. The van der Waals surface area contributed by atoms with Gasteiger partial charge in [-0.25, -0.2) is 4.39 Å². The summed E-state index contributed by atoms with van der Waals surface area (Å²) in [4.78, 5) is 26.2. The Morgan fingerprint density at radius 2 is 2.13 bits per heavy atom. The molecule has 1 N–H and O–H groups in total. The molecule has 1 atom stereocenters. The van der Waals surface area contributed by atoms with Gasteiger partial charge in [-0.1, -0.05) is 0 Å². The van der Waals surface area contributed by atoms with Gasteiger partial charge in [-0.2, -0.15) is 0 Å². The van der Waals surface area contributed by atoms with Gasteiger partial charge in [-0.15, -0.1) is 0 Å². The number of ether oxygens (including phenoxy) is 1. The Balaban J connectivity index is 1.70. The zero-order chi connectivity index (χ0) is 16.6. The Labute approximate surface area is 134 Å². The third-order valence-electron chi connectivity index (χ3n) is 4.08. The van der Waals surface area contributed by atoms with Gasteiger partial charge in [0.05, 0.1) is 17.7 Å². The Bertz CT molecular complexity index is 628. The van der Waals surface area contributed by atoms with Gasteiger partial charge >= 0.3 is 0 Å². The number of nitrogens with zero attached hydrogens (tertiary/aromatic N) is 1. The van der Waals surface area contributed by atoms with Crippen LogP contribution >= 0.6 is 0 Å². The number of halogens is 1. The Hall–Kier alpha value is -2.11. The summed E-state index contributed by atoms with van der Waals surface area (Å²) in [6, 6.07) is 4.35. The number of amides is 2. The molecule has 124 valence electrons. The third-order valence-corrected chi connectivity index (χ3v) is 4.08. The average molecular weight is 320 g/mol. The van der Waals surface area contributed by atoms with Crippen LogP contribution in [0.5, 0.6) is 5.75 Å². The first kappa shape index (κ1) is 15.8. The lowest BCUT2D eigenvalue weighted by atomic mass is 10.1. The van der Waals surface area contributed by atoms with E-state index in [-0.39, 0.29) is 24.3 Å². The molecule has 3 rings (SSSR count). The number of rotatable bonds is 5. The van der Waals surface area contributed by atoms with Crippen molar-refractivity contribution < 1.29 is 18.7 Å². The topological polar surface area (TPSA) is 58.6 Å². The standard InChI is InChI=1S/C17H21FN2O3/c1-10(2)23-15-6-3-12(18)8-14(15)19-17(22)11-7-16(21)20(9-11)13-4-5-13/h3,6,8,10-11,13H,4-5,7,9H2,1-2H3,(H,19,22)/t11-/m1/s1. The molecular weight excluding hydrogens is 299 g/mol. The van der Waals surface area contributed by atoms with Crippen molar-refractivity contribution in [1.82, 2.24) is 4.90 Å². The quantitative estimate of drug-likeness (QED) is 0.907. The molecule has 1 aromatic rings. The fraction of sp³-hybridized carbons (Fsp3) is 0.529. The highest BCUT2D eigenvalue weighted by atomic mass is 19.1. The molecule has 5 nitrogen and oxygen atoms in total. The lowest BCUT2D eigenvalue weighted by molar-refractivity contribution is -0.128. The summed E-state index contributed by atoms with van der Waals surface area (Å²) in [6.07, 6.45) is 2.18. The highest BCUT2D eigenvalue weighted by molar-refractivity contribution is 5.98. The smallest absolute Gasteiger partial charge is 0.229 e. The predicted molar refractivity (Wildman–Crippen MR) is 83.6 cm³/mol. The maximum Gasteiger partial charge on any atom is 0.229 e. The summed E-state index contributed by atoms with van der Waals surface area (Å²) >= 11 is 0. The molecule has 0 bridgehead atoms. The van der Waals surface area contributed by atoms with Crippen molar-refractivity contribution in [1.29, 1.82) is 0 Å². The number of benzene rings is 1. The fourth-order valence-electron chi connectivity index (χ4n) is 2.84. The summed E-state index contributed by atoms with van der Waals surface area (Å²) in [5.41, 5.74) is 0.307. The van der Waals surface area contributed by atoms with Gasteiger partial charge in [0.2, 0.25) is 11.8 Å². The first-order chi connectivity index (χ1) is 10.9. The monoisotopic (exact) mass is 320 g/mol. The van der Waals surface area contributed by atoms with E-state index in [2.05, 4.69) is 5.32 Å². The van der Waals surface area contributed by atoms with Crippen LogP contribution < -0.4 is 10.1 Å². The molecule has 1 aromatic carbocycles. The summed E-state index contributed by atoms with van der Waals surface area (Å²) < 4.78 is 19.1. The number of carbonyl (C=O) groups is 2. The van der Waals surface area contributed by atoms with Crippen molar-refractivity contribution in [3.8, 4) is 5.75 Å². The zero-order valence-electron chi connectivity index (χ0n) is 13.3. The molecule has 1 saturated carbocycles. The highest BCUT2D eigenvalue weighted by Gasteiger charge is 2.41. The molecule has 1 heterocycles. The van der Waals surface area contributed by atoms with Crippen LogP contribution in [0.3, 0.4) is 0 Å². The molecule has 2 fully saturated rings. The average Bonchev–Trinajstić information content (AvgIpc) is 3.24. The lowest BCUT2D eigenvalue weighted by Crippen LogP contribution is -2.30. The van der Waals surface area contributed by atoms with Gasteiger partial charge in [0, 0.05) is 25.1 Å². The minimum Gasteiger partial charge on any atom is -0.489 e. The van der Waals surface area contributed by atoms with Gasteiger partial charge in [-0.05, 0) is 38.8 Å². The molecule has 1 saturated heterocycles. The van der Waals surface area contributed by atoms with Crippen molar-refractivity contribution >= 4 is 17.5 Å². The van der Waals surface area contributed by atoms with Crippen LogP contribution in [0, 0.1) is 11.7 Å². The van der Waals surface area contributed by atoms with Gasteiger partial charge in [0.1, 0.15) is 11.6 Å². The van der Waals surface area contributed by atoms with Gasteiger partial charge < -0.3 is 15.0 Å². The van der Waals surface area contributed by atoms with Crippen LogP contribution in [0.1, 0.15) is 33.1 Å². The number of anilines is 1. The minimum atomic E-state index is -0.446. The van der Waals surface area contributed by atoms with Crippen LogP contribution in [-0.2, 0) is 9.59 Å². The number of hydrogen-bond donors (Lipinski definition) is 1. The Morgan fingerprint density at radius 1 is 1.39 bits per heavy atom. The van der Waals surface area contributed by atoms with Crippen LogP contribution in [0.4, 0.5) is 10.1 Å². The first-order valence-corrected chi connectivity index (χ1v) is 8.00. The molecule has 1 aliphatic carbocycles. The second-order valence-corrected chi connectivity index (χ2v) is 6.47. The van der Waals surface area contributed by atoms with E-state index in [0.717, 1.165) is 12.8 Å². The fourth-order valence-corrected chi connectivity index (χ4v) is 2.84. The molecular formula is C17H21FN2O3. The lowest BCUT2D eigenvalue weighted by Gasteiger charge is -2.17. The number of carbonyl (C=O) groups excluding carboxylic acids is 2. The Morgan fingerprint density at radius 3 is 2.78 bits per heavy atom. The second-order valence-electron chi connectivity index (χ2n) is 6.47. The van der Waals surface area contributed by atoms with E-state index in [1.54, 1.807) is 4.90 Å². The number of nitrogens with one attached hydrogen (secondary N) is 1. The molecule has 0 unspecified atom stereocenters. The maximum atomic E-state index is 13.5.